The van der Waals surface area contributed by atoms with Crippen LogP contribution in [-0.4, -0.2) is 26.2 Å². The highest BCUT2D eigenvalue weighted by atomic mass is 16.5. The molecular formula is C19H24N2O3. The van der Waals surface area contributed by atoms with E-state index in [1.165, 1.54) is 0 Å². The fourth-order valence-corrected chi connectivity index (χ4v) is 2.14. The zero-order chi connectivity index (χ0) is 17.2. The van der Waals surface area contributed by atoms with Crippen molar-refractivity contribution in [3.8, 4) is 11.5 Å². The summed E-state index contributed by atoms with van der Waals surface area (Å²) in [4.78, 5) is 12.0. The average molecular weight is 328 g/mol. The molecular weight excluding hydrogens is 304 g/mol. The molecule has 2 aromatic carbocycles. The Morgan fingerprint density at radius 2 is 1.83 bits per heavy atom. The van der Waals surface area contributed by atoms with Crippen LogP contribution in [0.2, 0.25) is 0 Å². The normalized spacial score (nSPS) is 10.1. The van der Waals surface area contributed by atoms with Crippen LogP contribution >= 0.6 is 0 Å². The van der Waals surface area contributed by atoms with Gasteiger partial charge in [0.1, 0.15) is 11.5 Å². The van der Waals surface area contributed by atoms with Gasteiger partial charge in [0.2, 0.25) is 5.91 Å². The van der Waals surface area contributed by atoms with E-state index < -0.39 is 0 Å². The molecule has 0 unspecified atom stereocenters. The highest BCUT2D eigenvalue weighted by molar-refractivity contribution is 5.94. The maximum absolute atomic E-state index is 12.0. The molecule has 0 heterocycles. The Morgan fingerprint density at radius 1 is 1.08 bits per heavy atom. The van der Waals surface area contributed by atoms with Crippen LogP contribution in [0, 0.1) is 0 Å². The Bertz CT molecular complexity index is 641. The third kappa shape index (κ3) is 5.50. The van der Waals surface area contributed by atoms with E-state index in [0.717, 1.165) is 30.0 Å². The molecule has 2 aromatic rings. The standard InChI is InChI=1S/C19H24N2O3/c1-3-4-13-24-16-11-9-15(10-12-16)21-19(22)14-20-17-7-5-6-8-18(17)23-2/h5-12,20H,3-4,13-14H2,1-2H3,(H,21,22). The van der Waals surface area contributed by atoms with Gasteiger partial charge in [-0.05, 0) is 42.8 Å². The first-order valence-corrected chi connectivity index (χ1v) is 8.12. The number of methoxy groups -OCH3 is 1. The number of benzene rings is 2. The molecule has 24 heavy (non-hydrogen) atoms. The summed E-state index contributed by atoms with van der Waals surface area (Å²) < 4.78 is 10.8. The van der Waals surface area contributed by atoms with Crippen molar-refractivity contribution in [2.45, 2.75) is 19.8 Å². The second kappa shape index (κ2) is 9.45. The molecule has 5 nitrogen and oxygen atoms in total. The van der Waals surface area contributed by atoms with Crippen molar-refractivity contribution in [1.29, 1.82) is 0 Å². The van der Waals surface area contributed by atoms with Crippen molar-refractivity contribution in [3.05, 3.63) is 48.5 Å². The van der Waals surface area contributed by atoms with E-state index in [1.54, 1.807) is 7.11 Å². The number of rotatable bonds is 9. The summed E-state index contributed by atoms with van der Waals surface area (Å²) in [5.41, 5.74) is 1.53. The molecule has 1 amide bonds. The summed E-state index contributed by atoms with van der Waals surface area (Å²) in [6.45, 7) is 3.00. The summed E-state index contributed by atoms with van der Waals surface area (Å²) >= 11 is 0. The highest BCUT2D eigenvalue weighted by Crippen LogP contribution is 2.22. The Kier molecular flexibility index (Phi) is 6.95. The van der Waals surface area contributed by atoms with Gasteiger partial charge in [-0.2, -0.15) is 0 Å². The van der Waals surface area contributed by atoms with Gasteiger partial charge in [-0.25, -0.2) is 0 Å². The van der Waals surface area contributed by atoms with Gasteiger partial charge in [-0.1, -0.05) is 25.5 Å². The van der Waals surface area contributed by atoms with E-state index in [4.69, 9.17) is 9.47 Å². The molecule has 0 spiro atoms. The van der Waals surface area contributed by atoms with Gasteiger partial charge in [0.25, 0.3) is 0 Å². The van der Waals surface area contributed by atoms with Crippen LogP contribution in [0.4, 0.5) is 11.4 Å². The number of carbonyl (C=O) groups excluding carboxylic acids is 1. The molecule has 2 rings (SSSR count). The first-order valence-electron chi connectivity index (χ1n) is 8.12. The van der Waals surface area contributed by atoms with Crippen LogP contribution in [0.25, 0.3) is 0 Å². The lowest BCUT2D eigenvalue weighted by Gasteiger charge is -2.11. The number of nitrogens with one attached hydrogen (secondary N) is 2. The predicted molar refractivity (Wildman–Crippen MR) is 97.0 cm³/mol. The zero-order valence-corrected chi connectivity index (χ0v) is 14.2. The minimum atomic E-state index is -0.124. The minimum absolute atomic E-state index is 0.124. The average Bonchev–Trinajstić information content (AvgIpc) is 2.62. The highest BCUT2D eigenvalue weighted by Gasteiger charge is 2.05. The maximum Gasteiger partial charge on any atom is 0.243 e. The Balaban J connectivity index is 1.81. The van der Waals surface area contributed by atoms with Crippen LogP contribution in [0.1, 0.15) is 19.8 Å². The van der Waals surface area contributed by atoms with E-state index in [2.05, 4.69) is 17.6 Å². The Morgan fingerprint density at radius 3 is 2.54 bits per heavy atom. The molecule has 0 aliphatic heterocycles. The van der Waals surface area contributed by atoms with E-state index in [-0.39, 0.29) is 12.5 Å². The van der Waals surface area contributed by atoms with Crippen molar-refractivity contribution in [1.82, 2.24) is 0 Å². The van der Waals surface area contributed by atoms with Crippen LogP contribution in [0.3, 0.4) is 0 Å². The number of anilines is 2. The van der Waals surface area contributed by atoms with Crippen molar-refractivity contribution in [2.75, 3.05) is 30.9 Å². The van der Waals surface area contributed by atoms with E-state index in [9.17, 15) is 4.79 Å². The van der Waals surface area contributed by atoms with E-state index in [1.807, 2.05) is 48.5 Å². The van der Waals surface area contributed by atoms with Gasteiger partial charge >= 0.3 is 0 Å². The summed E-state index contributed by atoms with van der Waals surface area (Å²) in [5, 5.41) is 5.91. The topological polar surface area (TPSA) is 59.6 Å². The summed E-state index contributed by atoms with van der Waals surface area (Å²) in [5.74, 6) is 1.40. The smallest absolute Gasteiger partial charge is 0.243 e. The van der Waals surface area contributed by atoms with Crippen molar-refractivity contribution < 1.29 is 14.3 Å². The minimum Gasteiger partial charge on any atom is -0.495 e. The van der Waals surface area contributed by atoms with Crippen molar-refractivity contribution in [3.63, 3.8) is 0 Å². The van der Waals surface area contributed by atoms with Crippen LogP contribution in [0.5, 0.6) is 11.5 Å². The van der Waals surface area contributed by atoms with Crippen LogP contribution in [0.15, 0.2) is 48.5 Å². The second-order valence-corrected chi connectivity index (χ2v) is 5.33. The number of hydrogen-bond donors (Lipinski definition) is 2. The van der Waals surface area contributed by atoms with E-state index >= 15 is 0 Å². The van der Waals surface area contributed by atoms with Gasteiger partial charge < -0.3 is 20.1 Å². The lowest BCUT2D eigenvalue weighted by molar-refractivity contribution is -0.114. The SMILES string of the molecule is CCCCOc1ccc(NC(=O)CNc2ccccc2OC)cc1. The van der Waals surface area contributed by atoms with Crippen molar-refractivity contribution in [2.24, 2.45) is 0 Å². The van der Waals surface area contributed by atoms with Gasteiger partial charge in [-0.3, -0.25) is 4.79 Å². The molecule has 0 bridgehead atoms. The third-order valence-electron chi connectivity index (χ3n) is 3.45. The Hall–Kier alpha value is -2.69. The molecule has 128 valence electrons. The van der Waals surface area contributed by atoms with Gasteiger partial charge in [0, 0.05) is 5.69 Å². The number of ether oxygens (including phenoxy) is 2. The lowest BCUT2D eigenvalue weighted by atomic mass is 10.3. The zero-order valence-electron chi connectivity index (χ0n) is 14.2. The van der Waals surface area contributed by atoms with Crippen molar-refractivity contribution >= 4 is 17.3 Å². The molecule has 0 aliphatic carbocycles. The summed E-state index contributed by atoms with van der Waals surface area (Å²) in [6, 6.07) is 14.9. The number of unbranched alkanes of at least 4 members (excludes halogenated alkanes) is 1. The molecule has 0 aromatic heterocycles. The molecule has 0 atom stereocenters. The molecule has 5 heteroatoms. The molecule has 0 aliphatic rings. The fourth-order valence-electron chi connectivity index (χ4n) is 2.14. The van der Waals surface area contributed by atoms with Gasteiger partial charge in [-0.15, -0.1) is 0 Å². The van der Waals surface area contributed by atoms with Gasteiger partial charge in [0.05, 0.1) is 25.9 Å². The lowest BCUT2D eigenvalue weighted by Crippen LogP contribution is -2.21. The summed E-state index contributed by atoms with van der Waals surface area (Å²) in [6.07, 6.45) is 2.14. The Labute approximate surface area is 143 Å². The molecule has 0 radical (unpaired) electrons. The number of para-hydroxylation sites is 2. The predicted octanol–water partition coefficient (Wildman–Crippen LogP) is 3.92. The number of hydrogen-bond acceptors (Lipinski definition) is 4. The quantitative estimate of drug-likeness (QED) is 0.685. The number of carbonyl (C=O) groups is 1. The molecule has 2 N–H and O–H groups in total. The first kappa shape index (κ1) is 17.7. The van der Waals surface area contributed by atoms with Crippen LogP contribution < -0.4 is 20.1 Å². The van der Waals surface area contributed by atoms with Gasteiger partial charge in [0.15, 0.2) is 0 Å². The molecule has 0 fully saturated rings. The van der Waals surface area contributed by atoms with Crippen LogP contribution in [-0.2, 0) is 4.79 Å². The number of amides is 1. The van der Waals surface area contributed by atoms with E-state index in [0.29, 0.717) is 12.4 Å². The second-order valence-electron chi connectivity index (χ2n) is 5.33. The molecule has 0 saturated heterocycles. The maximum atomic E-state index is 12.0. The fraction of sp³-hybridized carbons (Fsp3) is 0.316. The largest absolute Gasteiger partial charge is 0.495 e. The molecule has 0 saturated carbocycles. The third-order valence-corrected chi connectivity index (χ3v) is 3.45. The first-order chi connectivity index (χ1) is 11.7. The monoisotopic (exact) mass is 328 g/mol. The summed E-state index contributed by atoms with van der Waals surface area (Å²) in [7, 11) is 1.60.